The Labute approximate surface area is 139 Å². The van der Waals surface area contributed by atoms with Crippen LogP contribution in [0.25, 0.3) is 0 Å². The van der Waals surface area contributed by atoms with Gasteiger partial charge in [0.1, 0.15) is 0 Å². The molecule has 128 valence electrons. The lowest BCUT2D eigenvalue weighted by molar-refractivity contribution is -0.126. The molecule has 1 fully saturated rings. The molecule has 1 aliphatic carbocycles. The van der Waals surface area contributed by atoms with Gasteiger partial charge < -0.3 is 15.2 Å². The highest BCUT2D eigenvalue weighted by molar-refractivity contribution is 5.76. The fraction of sp³-hybridized carbons (Fsp3) is 0.632. The highest BCUT2D eigenvalue weighted by atomic mass is 16.5. The first kappa shape index (κ1) is 18.0. The summed E-state index contributed by atoms with van der Waals surface area (Å²) in [6.07, 6.45) is 3.82. The van der Waals surface area contributed by atoms with Crippen LogP contribution in [0.1, 0.15) is 51.5 Å². The van der Waals surface area contributed by atoms with Crippen LogP contribution < -0.4 is 5.32 Å². The molecule has 3 atom stereocenters. The molecule has 1 aromatic rings. The maximum Gasteiger partial charge on any atom is 0.222 e. The molecule has 0 spiro atoms. The molecular weight excluding hydrogens is 290 g/mol. The Kier molecular flexibility index (Phi) is 7.06. The summed E-state index contributed by atoms with van der Waals surface area (Å²) < 4.78 is 6.06. The van der Waals surface area contributed by atoms with E-state index in [1.54, 1.807) is 0 Å². The number of nitrogens with one attached hydrogen (secondary N) is 1. The number of hydrogen-bond donors (Lipinski definition) is 2. The van der Waals surface area contributed by atoms with Crippen molar-refractivity contribution in [3.05, 3.63) is 35.9 Å². The molecule has 0 heterocycles. The molecule has 0 aromatic heterocycles. The average Bonchev–Trinajstić information content (AvgIpc) is 2.54. The minimum absolute atomic E-state index is 0.0549. The zero-order valence-corrected chi connectivity index (χ0v) is 14.2. The third kappa shape index (κ3) is 5.96. The Bertz CT molecular complexity index is 475. The lowest BCUT2D eigenvalue weighted by Gasteiger charge is -2.32. The second kappa shape index (κ2) is 9.04. The Hall–Kier alpha value is -1.39. The zero-order chi connectivity index (χ0) is 16.7. The molecule has 3 unspecified atom stereocenters. The Balaban J connectivity index is 1.84. The number of aliphatic hydroxyl groups is 1. The van der Waals surface area contributed by atoms with Crippen LogP contribution in [0.4, 0.5) is 0 Å². The van der Waals surface area contributed by atoms with Crippen LogP contribution in [0.5, 0.6) is 0 Å². The number of carbonyl (C=O) groups excluding carboxylic acids is 1. The van der Waals surface area contributed by atoms with E-state index in [0.717, 1.165) is 31.2 Å². The van der Waals surface area contributed by atoms with Crippen LogP contribution in [-0.2, 0) is 16.1 Å². The summed E-state index contributed by atoms with van der Waals surface area (Å²) in [4.78, 5) is 12.1. The first-order chi connectivity index (χ1) is 11.1. The number of rotatable bonds is 7. The van der Waals surface area contributed by atoms with Crippen molar-refractivity contribution in [1.29, 1.82) is 0 Å². The molecule has 0 saturated heterocycles. The van der Waals surface area contributed by atoms with Crippen molar-refractivity contribution in [2.75, 3.05) is 0 Å². The van der Waals surface area contributed by atoms with Crippen molar-refractivity contribution < 1.29 is 14.6 Å². The molecule has 4 nitrogen and oxygen atoms in total. The largest absolute Gasteiger partial charge is 0.392 e. The molecule has 0 aliphatic heterocycles. The maximum absolute atomic E-state index is 12.1. The molecule has 4 heteroatoms. The first-order valence-corrected chi connectivity index (χ1v) is 8.69. The summed E-state index contributed by atoms with van der Waals surface area (Å²) in [6.45, 7) is 4.42. The molecule has 1 aliphatic rings. The standard InChI is InChI=1S/C19H29NO3/c1-14(2)17(21)12-19(22)20-16-10-6-7-11-18(16)23-13-15-8-4-3-5-9-15/h3-5,8-9,14,16-18,21H,6-7,10-13H2,1-2H3,(H,20,22). The SMILES string of the molecule is CC(C)C(O)CC(=O)NC1CCCCC1OCc1ccccc1. The van der Waals surface area contributed by atoms with Crippen molar-refractivity contribution in [2.24, 2.45) is 5.92 Å². The van der Waals surface area contributed by atoms with Crippen molar-refractivity contribution in [1.82, 2.24) is 5.32 Å². The number of benzene rings is 1. The van der Waals surface area contributed by atoms with E-state index < -0.39 is 6.10 Å². The molecular formula is C19H29NO3. The van der Waals surface area contributed by atoms with Crippen molar-refractivity contribution in [3.63, 3.8) is 0 Å². The first-order valence-electron chi connectivity index (χ1n) is 8.69. The van der Waals surface area contributed by atoms with Crippen LogP contribution in [0, 0.1) is 5.92 Å². The Morgan fingerprint density at radius 1 is 1.26 bits per heavy atom. The van der Waals surface area contributed by atoms with E-state index in [9.17, 15) is 9.90 Å². The number of carbonyl (C=O) groups is 1. The minimum Gasteiger partial charge on any atom is -0.392 e. The summed E-state index contributed by atoms with van der Waals surface area (Å²) in [7, 11) is 0. The Morgan fingerprint density at radius 3 is 2.65 bits per heavy atom. The van der Waals surface area contributed by atoms with Gasteiger partial charge in [-0.15, -0.1) is 0 Å². The van der Waals surface area contributed by atoms with Gasteiger partial charge in [-0.3, -0.25) is 4.79 Å². The van der Waals surface area contributed by atoms with Crippen molar-refractivity contribution in [2.45, 2.75) is 70.8 Å². The van der Waals surface area contributed by atoms with Crippen LogP contribution in [-0.4, -0.2) is 29.3 Å². The lowest BCUT2D eigenvalue weighted by Crippen LogP contribution is -2.47. The zero-order valence-electron chi connectivity index (χ0n) is 14.2. The molecule has 2 N–H and O–H groups in total. The van der Waals surface area contributed by atoms with Crippen LogP contribution in [0.2, 0.25) is 0 Å². The van der Waals surface area contributed by atoms with E-state index in [1.165, 1.54) is 0 Å². The molecule has 23 heavy (non-hydrogen) atoms. The molecule has 0 radical (unpaired) electrons. The minimum atomic E-state index is -0.581. The van der Waals surface area contributed by atoms with E-state index in [-0.39, 0.29) is 30.4 Å². The molecule has 0 bridgehead atoms. The van der Waals surface area contributed by atoms with Crippen LogP contribution in [0.3, 0.4) is 0 Å². The average molecular weight is 319 g/mol. The highest BCUT2D eigenvalue weighted by Gasteiger charge is 2.28. The smallest absolute Gasteiger partial charge is 0.222 e. The third-order valence-electron chi connectivity index (χ3n) is 4.52. The van der Waals surface area contributed by atoms with Gasteiger partial charge in [-0.1, -0.05) is 57.0 Å². The third-order valence-corrected chi connectivity index (χ3v) is 4.52. The summed E-state index contributed by atoms with van der Waals surface area (Å²) in [6, 6.07) is 10.2. The van der Waals surface area contributed by atoms with E-state index in [4.69, 9.17) is 4.74 Å². The predicted molar refractivity (Wildman–Crippen MR) is 90.9 cm³/mol. The highest BCUT2D eigenvalue weighted by Crippen LogP contribution is 2.23. The van der Waals surface area contributed by atoms with Gasteiger partial charge in [0.15, 0.2) is 0 Å². The van der Waals surface area contributed by atoms with E-state index >= 15 is 0 Å². The topological polar surface area (TPSA) is 58.6 Å². The lowest BCUT2D eigenvalue weighted by atomic mass is 9.92. The fourth-order valence-corrected chi connectivity index (χ4v) is 2.93. The van der Waals surface area contributed by atoms with E-state index in [2.05, 4.69) is 17.4 Å². The second-order valence-corrected chi connectivity index (χ2v) is 6.81. The molecule has 2 rings (SSSR count). The quantitative estimate of drug-likeness (QED) is 0.812. The molecule has 1 aromatic carbocycles. The summed E-state index contributed by atoms with van der Waals surface area (Å²) in [5, 5.41) is 12.9. The summed E-state index contributed by atoms with van der Waals surface area (Å²) in [5.74, 6) is 0.0173. The second-order valence-electron chi connectivity index (χ2n) is 6.81. The van der Waals surface area contributed by atoms with Crippen molar-refractivity contribution >= 4 is 5.91 Å². The van der Waals surface area contributed by atoms with Gasteiger partial charge in [0.25, 0.3) is 0 Å². The monoisotopic (exact) mass is 319 g/mol. The van der Waals surface area contributed by atoms with Crippen LogP contribution >= 0.6 is 0 Å². The number of ether oxygens (including phenoxy) is 1. The van der Waals surface area contributed by atoms with Gasteiger partial charge in [0.05, 0.1) is 31.3 Å². The van der Waals surface area contributed by atoms with E-state index in [0.29, 0.717) is 6.61 Å². The number of hydrogen-bond acceptors (Lipinski definition) is 3. The fourth-order valence-electron chi connectivity index (χ4n) is 2.93. The number of amides is 1. The predicted octanol–water partition coefficient (Wildman–Crippen LogP) is 3.04. The van der Waals surface area contributed by atoms with Crippen LogP contribution in [0.15, 0.2) is 30.3 Å². The van der Waals surface area contributed by atoms with Gasteiger partial charge in [-0.25, -0.2) is 0 Å². The summed E-state index contributed by atoms with van der Waals surface area (Å²) in [5.41, 5.74) is 1.15. The van der Waals surface area contributed by atoms with Gasteiger partial charge in [0, 0.05) is 0 Å². The van der Waals surface area contributed by atoms with Crippen molar-refractivity contribution in [3.8, 4) is 0 Å². The van der Waals surface area contributed by atoms with Gasteiger partial charge in [-0.05, 0) is 24.3 Å². The molecule has 1 saturated carbocycles. The summed E-state index contributed by atoms with van der Waals surface area (Å²) >= 11 is 0. The van der Waals surface area contributed by atoms with Gasteiger partial charge >= 0.3 is 0 Å². The van der Waals surface area contributed by atoms with E-state index in [1.807, 2.05) is 32.0 Å². The maximum atomic E-state index is 12.1. The van der Waals surface area contributed by atoms with Gasteiger partial charge in [0.2, 0.25) is 5.91 Å². The Morgan fingerprint density at radius 2 is 1.96 bits per heavy atom. The normalized spacial score (nSPS) is 22.8. The number of aliphatic hydroxyl groups excluding tert-OH is 1. The van der Waals surface area contributed by atoms with Gasteiger partial charge in [-0.2, -0.15) is 0 Å². The molecule has 1 amide bonds.